The first-order valence-corrected chi connectivity index (χ1v) is 9.26. The molecule has 2 rings (SSSR count). The predicted octanol–water partition coefficient (Wildman–Crippen LogP) is 2.57. The lowest BCUT2D eigenvalue weighted by Crippen LogP contribution is -2.37. The van der Waals surface area contributed by atoms with E-state index in [1.165, 1.54) is 26.2 Å². The number of anilines is 1. The second kappa shape index (κ2) is 10.3. The van der Waals surface area contributed by atoms with Crippen molar-refractivity contribution in [2.75, 3.05) is 39.7 Å². The van der Waals surface area contributed by atoms with Gasteiger partial charge < -0.3 is 24.4 Å². The molecule has 2 aromatic rings. The first kappa shape index (κ1) is 22.7. The Labute approximate surface area is 175 Å². The van der Waals surface area contributed by atoms with Crippen molar-refractivity contribution in [1.29, 1.82) is 0 Å². The van der Waals surface area contributed by atoms with Gasteiger partial charge in [0.1, 0.15) is 17.1 Å². The molecule has 0 heterocycles. The second-order valence-electron chi connectivity index (χ2n) is 6.73. The van der Waals surface area contributed by atoms with Gasteiger partial charge >= 0.3 is 5.97 Å². The number of methoxy groups -OCH3 is 2. The number of likely N-dealkylation sites (N-methyl/N-ethyl adjacent to an activating group) is 1. The minimum Gasteiger partial charge on any atom is -0.496 e. The lowest BCUT2D eigenvalue weighted by atomic mass is 10.1. The summed E-state index contributed by atoms with van der Waals surface area (Å²) in [5.41, 5.74) is 2.71. The quantitative estimate of drug-likeness (QED) is 0.668. The number of rotatable bonds is 8. The molecule has 30 heavy (non-hydrogen) atoms. The number of hydrogen-bond acceptors (Lipinski definition) is 6. The number of benzene rings is 2. The molecule has 0 atom stereocenters. The van der Waals surface area contributed by atoms with E-state index in [0.29, 0.717) is 5.69 Å². The van der Waals surface area contributed by atoms with Crippen LogP contribution < -0.4 is 14.8 Å². The molecule has 0 spiro atoms. The minimum atomic E-state index is -0.758. The number of esters is 1. The molecule has 0 aliphatic carbocycles. The largest absolute Gasteiger partial charge is 0.496 e. The number of carbonyl (C=O) groups excluding carboxylic acids is 3. The van der Waals surface area contributed by atoms with Crippen molar-refractivity contribution >= 4 is 23.5 Å². The van der Waals surface area contributed by atoms with Gasteiger partial charge in [0, 0.05) is 12.7 Å². The highest BCUT2D eigenvalue weighted by molar-refractivity contribution is 5.98. The predicted molar refractivity (Wildman–Crippen MR) is 112 cm³/mol. The summed E-state index contributed by atoms with van der Waals surface area (Å²) in [6.45, 7) is 3.11. The van der Waals surface area contributed by atoms with Gasteiger partial charge in [-0.05, 0) is 43.2 Å². The summed E-state index contributed by atoms with van der Waals surface area (Å²) in [7, 11) is 4.29. The number of aryl methyl sites for hydroxylation is 2. The Bertz CT molecular complexity index is 919. The highest BCUT2D eigenvalue weighted by Crippen LogP contribution is 2.28. The molecule has 2 amide bonds. The van der Waals surface area contributed by atoms with Crippen molar-refractivity contribution in [2.45, 2.75) is 13.8 Å². The van der Waals surface area contributed by atoms with Crippen LogP contribution in [-0.2, 0) is 14.3 Å². The van der Waals surface area contributed by atoms with Gasteiger partial charge in [0.05, 0.1) is 20.8 Å². The van der Waals surface area contributed by atoms with Crippen molar-refractivity contribution in [2.24, 2.45) is 0 Å². The number of hydrogen-bond donors (Lipinski definition) is 1. The molecule has 8 nitrogen and oxygen atoms in total. The van der Waals surface area contributed by atoms with Crippen molar-refractivity contribution in [1.82, 2.24) is 4.90 Å². The molecule has 0 radical (unpaired) electrons. The van der Waals surface area contributed by atoms with Gasteiger partial charge in [0.15, 0.2) is 6.61 Å². The van der Waals surface area contributed by atoms with Crippen LogP contribution in [-0.4, -0.2) is 57.1 Å². The first-order valence-electron chi connectivity index (χ1n) is 9.26. The van der Waals surface area contributed by atoms with Crippen LogP contribution in [0.1, 0.15) is 21.5 Å². The topological polar surface area (TPSA) is 94.2 Å². The molecule has 0 saturated carbocycles. The Morgan fingerprint density at radius 3 is 2.23 bits per heavy atom. The van der Waals surface area contributed by atoms with E-state index in [1.807, 2.05) is 32.0 Å². The number of carbonyl (C=O) groups is 3. The van der Waals surface area contributed by atoms with Crippen LogP contribution in [0.15, 0.2) is 36.4 Å². The van der Waals surface area contributed by atoms with E-state index < -0.39 is 18.5 Å². The third-order valence-corrected chi connectivity index (χ3v) is 4.43. The molecule has 0 bridgehead atoms. The molecular weight excluding hydrogens is 388 g/mol. The third-order valence-electron chi connectivity index (χ3n) is 4.43. The van der Waals surface area contributed by atoms with E-state index in [2.05, 4.69) is 5.32 Å². The van der Waals surface area contributed by atoms with Crippen molar-refractivity contribution in [3.8, 4) is 11.5 Å². The van der Waals surface area contributed by atoms with E-state index in [0.717, 1.165) is 11.1 Å². The smallest absolute Gasteiger partial charge is 0.346 e. The number of nitrogens with zero attached hydrogens (tertiary/aromatic N) is 1. The molecule has 1 N–H and O–H groups in total. The Morgan fingerprint density at radius 2 is 1.63 bits per heavy atom. The molecule has 0 aliphatic heterocycles. The van der Waals surface area contributed by atoms with Gasteiger partial charge in [-0.2, -0.15) is 0 Å². The van der Waals surface area contributed by atoms with Crippen molar-refractivity contribution < 1.29 is 28.6 Å². The van der Waals surface area contributed by atoms with E-state index in [9.17, 15) is 14.4 Å². The second-order valence-corrected chi connectivity index (χ2v) is 6.73. The van der Waals surface area contributed by atoms with Gasteiger partial charge in [-0.15, -0.1) is 0 Å². The highest BCUT2D eigenvalue weighted by Gasteiger charge is 2.22. The van der Waals surface area contributed by atoms with Crippen LogP contribution in [0.4, 0.5) is 5.69 Å². The Kier molecular flexibility index (Phi) is 7.80. The zero-order chi connectivity index (χ0) is 22.3. The van der Waals surface area contributed by atoms with Crippen LogP contribution in [0.25, 0.3) is 0 Å². The number of ether oxygens (including phenoxy) is 3. The van der Waals surface area contributed by atoms with Crippen LogP contribution >= 0.6 is 0 Å². The van der Waals surface area contributed by atoms with E-state index in [4.69, 9.17) is 14.2 Å². The molecule has 0 unspecified atom stereocenters. The maximum Gasteiger partial charge on any atom is 0.346 e. The lowest BCUT2D eigenvalue weighted by Gasteiger charge is -2.18. The molecule has 8 heteroatoms. The maximum absolute atomic E-state index is 12.4. The van der Waals surface area contributed by atoms with Crippen LogP contribution in [0, 0.1) is 13.8 Å². The average Bonchev–Trinajstić information content (AvgIpc) is 2.73. The standard InChI is InChI=1S/C22H26N2O6/c1-14-9-10-15(2)16(11-14)23-19(25)12-24(3)20(26)13-30-22(27)21-17(28-4)7-6-8-18(21)29-5/h6-11H,12-13H2,1-5H3,(H,23,25). The summed E-state index contributed by atoms with van der Waals surface area (Å²) in [6, 6.07) is 10.6. The third kappa shape index (κ3) is 5.73. The zero-order valence-electron chi connectivity index (χ0n) is 17.8. The normalized spacial score (nSPS) is 10.2. The van der Waals surface area contributed by atoms with E-state index in [1.54, 1.807) is 18.2 Å². The molecule has 160 valence electrons. The van der Waals surface area contributed by atoms with Crippen molar-refractivity contribution in [3.63, 3.8) is 0 Å². The van der Waals surface area contributed by atoms with Crippen LogP contribution in [0.5, 0.6) is 11.5 Å². The zero-order valence-corrected chi connectivity index (χ0v) is 17.8. The number of nitrogens with one attached hydrogen (secondary N) is 1. The summed E-state index contributed by atoms with van der Waals surface area (Å²) >= 11 is 0. The summed E-state index contributed by atoms with van der Waals surface area (Å²) in [5.74, 6) is -1.09. The van der Waals surface area contributed by atoms with Gasteiger partial charge in [-0.25, -0.2) is 4.79 Å². The molecule has 0 aromatic heterocycles. The van der Waals surface area contributed by atoms with Gasteiger partial charge in [0.2, 0.25) is 5.91 Å². The van der Waals surface area contributed by atoms with Gasteiger partial charge in [0.25, 0.3) is 5.91 Å². The Hall–Kier alpha value is -3.55. The van der Waals surface area contributed by atoms with Gasteiger partial charge in [-0.3, -0.25) is 9.59 Å². The summed E-state index contributed by atoms with van der Waals surface area (Å²) in [6.07, 6.45) is 0. The van der Waals surface area contributed by atoms with Crippen LogP contribution in [0.3, 0.4) is 0 Å². The first-order chi connectivity index (χ1) is 14.3. The molecule has 0 saturated heterocycles. The van der Waals surface area contributed by atoms with E-state index >= 15 is 0 Å². The van der Waals surface area contributed by atoms with Gasteiger partial charge in [-0.1, -0.05) is 18.2 Å². The monoisotopic (exact) mass is 414 g/mol. The molecular formula is C22H26N2O6. The molecule has 2 aromatic carbocycles. The Morgan fingerprint density at radius 1 is 1.00 bits per heavy atom. The van der Waals surface area contributed by atoms with Crippen LogP contribution in [0.2, 0.25) is 0 Å². The Balaban J connectivity index is 1.94. The van der Waals surface area contributed by atoms with E-state index in [-0.39, 0.29) is 29.5 Å². The fraction of sp³-hybridized carbons (Fsp3) is 0.318. The lowest BCUT2D eigenvalue weighted by molar-refractivity contribution is -0.136. The summed E-state index contributed by atoms with van der Waals surface area (Å²) in [5, 5.41) is 2.78. The highest BCUT2D eigenvalue weighted by atomic mass is 16.5. The summed E-state index contributed by atoms with van der Waals surface area (Å²) in [4.78, 5) is 38.2. The average molecular weight is 414 g/mol. The fourth-order valence-electron chi connectivity index (χ4n) is 2.73. The molecule has 0 fully saturated rings. The number of amides is 2. The van der Waals surface area contributed by atoms with Crippen molar-refractivity contribution in [3.05, 3.63) is 53.1 Å². The molecule has 0 aliphatic rings. The summed E-state index contributed by atoms with van der Waals surface area (Å²) < 4.78 is 15.4. The fourth-order valence-corrected chi connectivity index (χ4v) is 2.73. The minimum absolute atomic E-state index is 0.0885. The maximum atomic E-state index is 12.4. The SMILES string of the molecule is COc1cccc(OC)c1C(=O)OCC(=O)N(C)CC(=O)Nc1cc(C)ccc1C.